The fourth-order valence-electron chi connectivity index (χ4n) is 0.696. The van der Waals surface area contributed by atoms with Crippen LogP contribution in [0, 0.1) is 0 Å². The van der Waals surface area contributed by atoms with Crippen LogP contribution < -0.4 is 10.0 Å². The zero-order valence-corrected chi connectivity index (χ0v) is 6.66. The van der Waals surface area contributed by atoms with E-state index in [1.807, 2.05) is 18.2 Å². The standard InChI is InChI=1S/C7H8N2OS/c8-7(10)9(11)6-4-2-1-3-5-6/h1-5,11H,(H2,8,10). The van der Waals surface area contributed by atoms with E-state index < -0.39 is 6.03 Å². The maximum atomic E-state index is 10.6. The Balaban J connectivity index is 2.85. The van der Waals surface area contributed by atoms with E-state index >= 15 is 0 Å². The highest BCUT2D eigenvalue weighted by molar-refractivity contribution is 7.82. The van der Waals surface area contributed by atoms with Gasteiger partial charge in [-0.25, -0.2) is 9.10 Å². The quantitative estimate of drug-likeness (QED) is 0.612. The van der Waals surface area contributed by atoms with Crippen LogP contribution in [0.1, 0.15) is 0 Å². The van der Waals surface area contributed by atoms with Crippen molar-refractivity contribution in [2.45, 2.75) is 0 Å². The van der Waals surface area contributed by atoms with E-state index in [1.165, 1.54) is 0 Å². The number of rotatable bonds is 1. The Morgan fingerprint density at radius 3 is 2.36 bits per heavy atom. The molecule has 0 spiro atoms. The van der Waals surface area contributed by atoms with E-state index in [1.54, 1.807) is 12.1 Å². The highest BCUT2D eigenvalue weighted by Crippen LogP contribution is 2.13. The van der Waals surface area contributed by atoms with E-state index in [-0.39, 0.29) is 0 Å². The van der Waals surface area contributed by atoms with E-state index in [4.69, 9.17) is 5.73 Å². The molecule has 0 heterocycles. The number of urea groups is 1. The highest BCUT2D eigenvalue weighted by Gasteiger charge is 2.04. The van der Waals surface area contributed by atoms with Gasteiger partial charge in [-0.3, -0.25) is 0 Å². The Labute approximate surface area is 70.3 Å². The van der Waals surface area contributed by atoms with Crippen LogP contribution >= 0.6 is 12.8 Å². The van der Waals surface area contributed by atoms with Crippen molar-refractivity contribution in [2.24, 2.45) is 5.73 Å². The van der Waals surface area contributed by atoms with E-state index in [0.717, 1.165) is 4.31 Å². The van der Waals surface area contributed by atoms with Gasteiger partial charge in [-0.2, -0.15) is 0 Å². The molecule has 0 aliphatic heterocycles. The molecule has 0 aliphatic rings. The van der Waals surface area contributed by atoms with Gasteiger partial charge in [0.05, 0.1) is 5.69 Å². The summed E-state index contributed by atoms with van der Waals surface area (Å²) in [6, 6.07) is 8.38. The Hall–Kier alpha value is -1.16. The van der Waals surface area contributed by atoms with Gasteiger partial charge < -0.3 is 5.73 Å². The molecule has 0 atom stereocenters. The van der Waals surface area contributed by atoms with Crippen molar-refractivity contribution in [3.8, 4) is 0 Å². The molecule has 0 aliphatic carbocycles. The molecule has 0 aromatic heterocycles. The first-order valence-corrected chi connectivity index (χ1v) is 3.45. The van der Waals surface area contributed by atoms with Gasteiger partial charge in [0, 0.05) is 0 Å². The summed E-state index contributed by atoms with van der Waals surface area (Å²) in [4.78, 5) is 10.6. The molecular weight excluding hydrogens is 160 g/mol. The summed E-state index contributed by atoms with van der Waals surface area (Å²) < 4.78 is 1.08. The lowest BCUT2D eigenvalue weighted by Gasteiger charge is -2.11. The van der Waals surface area contributed by atoms with E-state index in [2.05, 4.69) is 12.8 Å². The van der Waals surface area contributed by atoms with Crippen molar-refractivity contribution in [3.05, 3.63) is 30.3 Å². The Morgan fingerprint density at radius 2 is 1.91 bits per heavy atom. The first kappa shape index (κ1) is 7.94. The van der Waals surface area contributed by atoms with Gasteiger partial charge in [-0.05, 0) is 12.1 Å². The van der Waals surface area contributed by atoms with Crippen LogP contribution in [0.5, 0.6) is 0 Å². The molecule has 2 N–H and O–H groups in total. The molecule has 0 radical (unpaired) electrons. The molecule has 1 rings (SSSR count). The average molecular weight is 168 g/mol. The lowest BCUT2D eigenvalue weighted by atomic mass is 10.3. The second kappa shape index (κ2) is 3.30. The number of hydrogen-bond donors (Lipinski definition) is 2. The minimum atomic E-state index is -0.584. The first-order valence-electron chi connectivity index (χ1n) is 3.05. The summed E-state index contributed by atoms with van der Waals surface area (Å²) in [5.41, 5.74) is 5.65. The second-order valence-corrected chi connectivity index (χ2v) is 2.39. The molecule has 0 fully saturated rings. The number of carbonyl (C=O) groups is 1. The number of para-hydroxylation sites is 1. The second-order valence-electron chi connectivity index (χ2n) is 1.99. The van der Waals surface area contributed by atoms with Crippen LogP contribution in [0.4, 0.5) is 10.5 Å². The first-order chi connectivity index (χ1) is 5.22. The zero-order valence-electron chi connectivity index (χ0n) is 5.77. The normalized spacial score (nSPS) is 9.18. The van der Waals surface area contributed by atoms with Crippen molar-refractivity contribution >= 4 is 24.5 Å². The largest absolute Gasteiger partial charge is 0.350 e. The Bertz CT molecular complexity index is 250. The molecule has 0 unspecified atom stereocenters. The van der Waals surface area contributed by atoms with Crippen LogP contribution in [0.25, 0.3) is 0 Å². The number of hydrogen-bond acceptors (Lipinski definition) is 2. The van der Waals surface area contributed by atoms with E-state index in [0.29, 0.717) is 5.69 Å². The molecule has 1 aromatic carbocycles. The van der Waals surface area contributed by atoms with E-state index in [9.17, 15) is 4.79 Å². The van der Waals surface area contributed by atoms with Crippen molar-refractivity contribution in [1.82, 2.24) is 0 Å². The SMILES string of the molecule is NC(=O)N(S)c1ccccc1. The third kappa shape index (κ3) is 1.88. The monoisotopic (exact) mass is 168 g/mol. The summed E-state index contributed by atoms with van der Waals surface area (Å²) in [5, 5.41) is 0. The molecule has 0 bridgehead atoms. The number of carbonyl (C=O) groups excluding carboxylic acids is 1. The van der Waals surface area contributed by atoms with Gasteiger partial charge in [0.15, 0.2) is 0 Å². The maximum absolute atomic E-state index is 10.6. The third-order valence-electron chi connectivity index (χ3n) is 1.21. The van der Waals surface area contributed by atoms with Crippen LogP contribution in [0.2, 0.25) is 0 Å². The van der Waals surface area contributed by atoms with Gasteiger partial charge in [-0.1, -0.05) is 31.0 Å². The molecular formula is C7H8N2OS. The van der Waals surface area contributed by atoms with Crippen LogP contribution in [-0.4, -0.2) is 6.03 Å². The van der Waals surface area contributed by atoms with Crippen molar-refractivity contribution < 1.29 is 4.79 Å². The van der Waals surface area contributed by atoms with Crippen LogP contribution in [-0.2, 0) is 0 Å². The van der Waals surface area contributed by atoms with Gasteiger partial charge in [0.2, 0.25) is 0 Å². The molecule has 0 saturated heterocycles. The minimum Gasteiger partial charge on any atom is -0.350 e. The van der Waals surface area contributed by atoms with Crippen LogP contribution in [0.3, 0.4) is 0 Å². The third-order valence-corrected chi connectivity index (χ3v) is 1.64. The summed E-state index contributed by atoms with van der Waals surface area (Å²) in [5.74, 6) is 0. The van der Waals surface area contributed by atoms with Crippen molar-refractivity contribution in [2.75, 3.05) is 4.31 Å². The van der Waals surface area contributed by atoms with Crippen molar-refractivity contribution in [3.63, 3.8) is 0 Å². The molecule has 2 amide bonds. The molecule has 11 heavy (non-hydrogen) atoms. The molecule has 3 nitrogen and oxygen atoms in total. The highest BCUT2D eigenvalue weighted by atomic mass is 32.1. The number of benzene rings is 1. The smallest absolute Gasteiger partial charge is 0.329 e. The van der Waals surface area contributed by atoms with Gasteiger partial charge >= 0.3 is 6.03 Å². The number of anilines is 1. The summed E-state index contributed by atoms with van der Waals surface area (Å²) in [7, 11) is 0. The summed E-state index contributed by atoms with van der Waals surface area (Å²) in [6.45, 7) is 0. The van der Waals surface area contributed by atoms with Gasteiger partial charge in [0.25, 0.3) is 0 Å². The number of primary amides is 1. The fourth-order valence-corrected chi connectivity index (χ4v) is 0.830. The average Bonchev–Trinajstić information content (AvgIpc) is 2.05. The lowest BCUT2D eigenvalue weighted by molar-refractivity contribution is 0.257. The van der Waals surface area contributed by atoms with Gasteiger partial charge in [-0.15, -0.1) is 0 Å². The summed E-state index contributed by atoms with van der Waals surface area (Å²) >= 11 is 3.87. The molecule has 0 saturated carbocycles. The van der Waals surface area contributed by atoms with Gasteiger partial charge in [0.1, 0.15) is 0 Å². The Morgan fingerprint density at radius 1 is 1.36 bits per heavy atom. The maximum Gasteiger partial charge on any atom is 0.329 e. The number of thiol groups is 1. The van der Waals surface area contributed by atoms with Crippen molar-refractivity contribution in [1.29, 1.82) is 0 Å². The number of nitrogens with two attached hydrogens (primary N) is 1. The van der Waals surface area contributed by atoms with Crippen LogP contribution in [0.15, 0.2) is 30.3 Å². The number of amides is 2. The zero-order chi connectivity index (χ0) is 8.27. The fraction of sp³-hybridized carbons (Fsp3) is 0. The molecule has 58 valence electrons. The predicted octanol–water partition coefficient (Wildman–Crippen LogP) is 1.42. The Kier molecular flexibility index (Phi) is 2.38. The topological polar surface area (TPSA) is 46.3 Å². The molecule has 1 aromatic rings. The minimum absolute atomic E-state index is 0.584. The number of nitrogens with zero attached hydrogens (tertiary/aromatic N) is 1. The predicted molar refractivity (Wildman–Crippen MR) is 47.5 cm³/mol. The summed E-state index contributed by atoms with van der Waals surface area (Å²) in [6.07, 6.45) is 0. The molecule has 4 heteroatoms. The lowest BCUT2D eigenvalue weighted by Crippen LogP contribution is -2.26.